The average Bonchev–Trinajstić information content (AvgIpc) is 2.61. The minimum atomic E-state index is -4.28. The van der Waals surface area contributed by atoms with Gasteiger partial charge in [0.2, 0.25) is 0 Å². The molecule has 0 aliphatic rings. The maximum absolute atomic E-state index is 8.61. The van der Waals surface area contributed by atoms with E-state index in [2.05, 4.69) is 0 Å². The van der Waals surface area contributed by atoms with E-state index >= 15 is 0 Å². The fourth-order valence-corrected chi connectivity index (χ4v) is 0. The molecule has 0 bridgehead atoms. The van der Waals surface area contributed by atoms with E-state index in [9.17, 15) is 0 Å². The Morgan fingerprint density at radius 2 is 0.0833 bits per heavy atom. The van der Waals surface area contributed by atoms with Gasteiger partial charge in [-0.1, -0.05) is 0 Å². The van der Waals surface area contributed by atoms with Gasteiger partial charge in [0.15, 0.2) is 0 Å². The number of hydrogen-bond donors (Lipinski definition) is 0. The van der Waals surface area contributed by atoms with Crippen LogP contribution in [0.1, 0.15) is 0 Å². The third-order valence-corrected chi connectivity index (χ3v) is 0. The molecule has 0 unspecified atom stereocenters. The van der Waals surface area contributed by atoms with Crippen molar-refractivity contribution >= 4 is 0 Å². The summed E-state index contributed by atoms with van der Waals surface area (Å²) < 4.78 is 310. The zero-order chi connectivity index (χ0) is 42.9. The zero-order valence-electron chi connectivity index (χ0n) is 19.6. The Bertz CT molecular complexity index is 1520. The summed E-state index contributed by atoms with van der Waals surface area (Å²) in [6.07, 6.45) is 0. The molecule has 0 aliphatic heterocycles. The summed E-state index contributed by atoms with van der Waals surface area (Å²) >= 11 is -51.3. The van der Waals surface area contributed by atoms with Crippen molar-refractivity contribution in [3.63, 3.8) is 0 Å². The second-order valence-corrected chi connectivity index (χ2v) is 20.0. The predicted molar refractivity (Wildman–Crippen MR) is 24.7 cm³/mol. The van der Waals surface area contributed by atoms with Gasteiger partial charge in [0.1, 0.15) is 0 Å². The molecule has 0 amide bonds. The molecule has 0 saturated carbocycles. The summed E-state index contributed by atoms with van der Waals surface area (Å²) in [4.78, 5) is 0. The van der Waals surface area contributed by atoms with Crippen molar-refractivity contribution in [3.8, 4) is 0 Å². The second kappa shape index (κ2) is 77.5. The number of rotatable bonds is 0. The summed E-state index contributed by atoms with van der Waals surface area (Å²) in [6, 6.07) is 0. The first-order valence-electron chi connectivity index (χ1n) is 6.00. The quantitative estimate of drug-likeness (QED) is 0.221. The van der Waals surface area contributed by atoms with Crippen LogP contribution in [0.4, 0.5) is 0 Å². The first-order valence-corrected chi connectivity index (χ1v) is 49.1. The van der Waals surface area contributed by atoms with Gasteiger partial charge in [-0.25, -0.2) is 0 Å². The van der Waals surface area contributed by atoms with Crippen LogP contribution in [-0.2, 0) is 329 Å². The van der Waals surface area contributed by atoms with E-state index in [1.165, 1.54) is 0 Å². The third kappa shape index (κ3) is 88900. The zero-order valence-corrected chi connectivity index (χ0v) is 54.8. The summed E-state index contributed by atoms with van der Waals surface area (Å²) in [5.41, 5.74) is 0. The molecule has 48 heavy (non-hydrogen) atoms. The molecule has 0 aliphatic carbocycles. The van der Waals surface area contributed by atoms with E-state index in [1.807, 2.05) is 0 Å². The van der Waals surface area contributed by atoms with Crippen LogP contribution in [0, 0.1) is 0 Å². The van der Waals surface area contributed by atoms with Gasteiger partial charge in [-0.3, -0.25) is 0 Å². The van der Waals surface area contributed by atoms with E-state index in [1.54, 1.807) is 0 Å². The van der Waals surface area contributed by atoms with Gasteiger partial charge in [0.25, 0.3) is 0 Å². The maximum atomic E-state index is 8.61. The standard InChI is InChI=1S/36O.12W. The van der Waals surface area contributed by atoms with Gasteiger partial charge < -0.3 is 0 Å². The molecule has 288 valence electrons. The molecule has 0 heterocycles. The van der Waals surface area contributed by atoms with Gasteiger partial charge in [0, 0.05) is 0 Å². The first kappa shape index (κ1) is 82.5. The average molecular weight is 2780 g/mol. The minimum absolute atomic E-state index is 4.28. The molecule has 0 fully saturated rings. The third-order valence-electron chi connectivity index (χ3n) is 0. The molecule has 0 aromatic carbocycles. The molecule has 0 radical (unpaired) electrons. The predicted octanol–water partition coefficient (Wildman–Crippen LogP) is -4.31. The topological polar surface area (TPSA) is 615 Å². The van der Waals surface area contributed by atoms with Crippen LogP contribution >= 0.6 is 0 Å². The van der Waals surface area contributed by atoms with Gasteiger partial charge in [-0.05, 0) is 0 Å². The van der Waals surface area contributed by atoms with Crippen LogP contribution < -0.4 is 0 Å². The van der Waals surface area contributed by atoms with Gasteiger partial charge in [0.05, 0.1) is 0 Å². The molecule has 48 heteroatoms. The normalized spacial score (nSPS) is 6.00. The summed E-state index contributed by atoms with van der Waals surface area (Å²) in [5.74, 6) is 0. The van der Waals surface area contributed by atoms with Crippen molar-refractivity contribution in [1.82, 2.24) is 0 Å². The van der Waals surface area contributed by atoms with Gasteiger partial charge >= 0.3 is 329 Å². The fraction of sp³-hybridized carbons (Fsp3) is 0. The molecule has 0 aromatic rings. The van der Waals surface area contributed by atoms with Crippen LogP contribution in [0.5, 0.6) is 0 Å². The van der Waals surface area contributed by atoms with Crippen molar-refractivity contribution in [2.45, 2.75) is 0 Å². The van der Waals surface area contributed by atoms with Gasteiger partial charge in [-0.2, -0.15) is 0 Å². The van der Waals surface area contributed by atoms with Crippen LogP contribution in [0.2, 0.25) is 0 Å². The van der Waals surface area contributed by atoms with E-state index in [4.69, 9.17) is 122 Å². The molecular formula is O36W12. The molecule has 36 nitrogen and oxygen atoms in total. The molecule has 0 spiro atoms. The van der Waals surface area contributed by atoms with Crippen LogP contribution in [0.25, 0.3) is 0 Å². The number of hydrogen-bond acceptors (Lipinski definition) is 36. The summed E-state index contributed by atoms with van der Waals surface area (Å²) in [5, 5.41) is 0. The van der Waals surface area contributed by atoms with Crippen LogP contribution in [0.3, 0.4) is 0 Å². The fourth-order valence-electron chi connectivity index (χ4n) is 0. The molecular weight excluding hydrogens is 2780 g/mol. The van der Waals surface area contributed by atoms with Gasteiger partial charge in [-0.15, -0.1) is 0 Å². The Kier molecular flexibility index (Phi) is 133. The van der Waals surface area contributed by atoms with E-state index in [-0.39, 0.29) is 0 Å². The molecule has 0 atom stereocenters. The molecule has 0 saturated heterocycles. The van der Waals surface area contributed by atoms with Crippen molar-refractivity contribution in [2.75, 3.05) is 0 Å². The van der Waals surface area contributed by atoms with E-state index < -0.39 is 206 Å². The summed E-state index contributed by atoms with van der Waals surface area (Å²) in [7, 11) is 0. The van der Waals surface area contributed by atoms with Crippen LogP contribution in [0.15, 0.2) is 0 Å². The SMILES string of the molecule is [O]=[W](=[O])=[O].[O]=[W](=[O])=[O].[O]=[W](=[O])=[O].[O]=[W](=[O])=[O].[O]=[W](=[O])=[O].[O]=[W](=[O])=[O].[O]=[W](=[O])=[O].[O]=[W](=[O])=[O].[O]=[W](=[O])=[O].[O]=[W](=[O])=[O].[O]=[W](=[O])=[O].[O]=[W](=[O])=[O]. The monoisotopic (exact) mass is 2780 g/mol. The van der Waals surface area contributed by atoms with Crippen molar-refractivity contribution < 1.29 is 329 Å². The van der Waals surface area contributed by atoms with E-state index in [0.29, 0.717) is 0 Å². The second-order valence-electron chi connectivity index (χ2n) is 2.45. The Morgan fingerprint density at radius 3 is 0.0833 bits per heavy atom. The van der Waals surface area contributed by atoms with Crippen molar-refractivity contribution in [1.29, 1.82) is 0 Å². The Labute approximate surface area is 322 Å². The summed E-state index contributed by atoms with van der Waals surface area (Å²) in [6.45, 7) is 0. The molecule has 0 rings (SSSR count). The Balaban J connectivity index is -0.0000000295. The van der Waals surface area contributed by atoms with E-state index in [0.717, 1.165) is 0 Å². The van der Waals surface area contributed by atoms with Crippen LogP contribution in [-0.4, -0.2) is 0 Å². The Hall–Kier alpha value is 1.06. The Morgan fingerprint density at radius 1 is 0.0833 bits per heavy atom. The van der Waals surface area contributed by atoms with Crippen molar-refractivity contribution in [3.05, 3.63) is 0 Å². The molecule has 0 N–H and O–H groups in total. The first-order chi connectivity index (χ1) is 20.8. The van der Waals surface area contributed by atoms with Crippen molar-refractivity contribution in [2.24, 2.45) is 0 Å². The molecule has 0 aromatic heterocycles.